The van der Waals surface area contributed by atoms with Crippen molar-refractivity contribution < 1.29 is 23.9 Å². The summed E-state index contributed by atoms with van der Waals surface area (Å²) >= 11 is 4.05. The molecule has 12 heteroatoms. The fraction of sp³-hybridized carbons (Fsp3) is 0.706. The topological polar surface area (TPSA) is 85.9 Å². The van der Waals surface area contributed by atoms with Gasteiger partial charge in [0.1, 0.15) is 11.2 Å². The van der Waals surface area contributed by atoms with E-state index in [9.17, 15) is 14.4 Å². The molecule has 10 nitrogen and oxygen atoms in total. The molecule has 350 valence electrons. The second kappa shape index (κ2) is 21.9. The molecule has 0 unspecified atom stereocenters. The van der Waals surface area contributed by atoms with Crippen LogP contribution in [-0.2, 0) is 16.0 Å². The molecular weight excluding hydrogens is 827 g/mol. The van der Waals surface area contributed by atoms with E-state index in [4.69, 9.17) is 9.47 Å². The predicted molar refractivity (Wildman–Crippen MR) is 264 cm³/mol. The minimum atomic E-state index is -0.430. The van der Waals surface area contributed by atoms with Crippen molar-refractivity contribution in [3.8, 4) is 0 Å². The van der Waals surface area contributed by atoms with Crippen LogP contribution in [0.25, 0.3) is 0 Å². The molecule has 1 saturated carbocycles. The molecule has 8 rings (SSSR count). The van der Waals surface area contributed by atoms with Crippen molar-refractivity contribution in [1.29, 1.82) is 0 Å². The van der Waals surface area contributed by atoms with Gasteiger partial charge in [-0.1, -0.05) is 31.0 Å². The number of amides is 2. The van der Waals surface area contributed by atoms with E-state index in [0.29, 0.717) is 5.41 Å². The van der Waals surface area contributed by atoms with Gasteiger partial charge in [0, 0.05) is 104 Å². The number of nitrogens with zero attached hydrogens (tertiary/aromatic N) is 5. The Morgan fingerprint density at radius 1 is 0.603 bits per heavy atom. The number of hydrogen-bond donors (Lipinski definition) is 0. The lowest BCUT2D eigenvalue weighted by Gasteiger charge is -2.45. The molecule has 0 bridgehead atoms. The summed E-state index contributed by atoms with van der Waals surface area (Å²) in [6.45, 7) is 25.8. The van der Waals surface area contributed by atoms with Crippen LogP contribution >= 0.6 is 23.5 Å². The Bertz CT molecular complexity index is 1810. The van der Waals surface area contributed by atoms with Gasteiger partial charge in [-0.3, -0.25) is 9.69 Å². The third-order valence-electron chi connectivity index (χ3n) is 13.8. The number of carbonyl (C=O) groups is 3. The van der Waals surface area contributed by atoms with E-state index in [-0.39, 0.29) is 23.3 Å². The number of benzene rings is 2. The number of carbonyl (C=O) groups excluding carboxylic acids is 3. The second-order valence-corrected chi connectivity index (χ2v) is 23.4. The number of anilines is 2. The highest BCUT2D eigenvalue weighted by Gasteiger charge is 2.44. The lowest BCUT2D eigenvalue weighted by Crippen LogP contribution is -2.53. The molecule has 0 radical (unpaired) electrons. The van der Waals surface area contributed by atoms with Gasteiger partial charge < -0.3 is 29.1 Å². The van der Waals surface area contributed by atoms with Gasteiger partial charge in [-0.25, -0.2) is 9.59 Å². The van der Waals surface area contributed by atoms with Crippen LogP contribution in [0.2, 0.25) is 0 Å². The van der Waals surface area contributed by atoms with Gasteiger partial charge in [0.2, 0.25) is 0 Å². The Morgan fingerprint density at radius 3 is 1.59 bits per heavy atom. The monoisotopic (exact) mass is 906 g/mol. The van der Waals surface area contributed by atoms with E-state index in [1.165, 1.54) is 85.3 Å². The zero-order valence-electron chi connectivity index (χ0n) is 40.1. The maximum Gasteiger partial charge on any atom is 0.410 e. The molecule has 2 aromatic rings. The zero-order valence-corrected chi connectivity index (χ0v) is 41.7. The first-order chi connectivity index (χ1) is 30.0. The molecule has 6 fully saturated rings. The summed E-state index contributed by atoms with van der Waals surface area (Å²) in [4.78, 5) is 46.8. The number of ether oxygens (including phenoxy) is 2. The van der Waals surface area contributed by atoms with Crippen molar-refractivity contribution in [2.24, 2.45) is 5.41 Å². The minimum Gasteiger partial charge on any atom is -0.444 e. The number of piperidine rings is 2. The van der Waals surface area contributed by atoms with Gasteiger partial charge in [-0.05, 0) is 154 Å². The first-order valence-electron chi connectivity index (χ1n) is 24.0. The molecule has 63 heavy (non-hydrogen) atoms. The van der Waals surface area contributed by atoms with Gasteiger partial charge in [0.05, 0.1) is 0 Å². The standard InChI is InChI=1S/C25H39N3O2S.C14H25NO2.C12H15NOS/c1-20-6-7-21(22(18-20)26-14-16-31-17-15-26)19-28-11-5-8-25(28)9-12-27(13-10-25)23(29)30-24(2,3)4;1-13(2,3)17-12(16)15-10-8-14(9-11-15)6-4-5-7-14;1-10-2-3-11(9-14)12(8-10)13-4-6-15-7-5-13/h6-7,18H,5,8-17,19H2,1-4H3;4-11H2,1-3H3;2-3,8-9H,4-7H2,1H3. The van der Waals surface area contributed by atoms with Crippen LogP contribution in [-0.4, -0.2) is 132 Å². The number of likely N-dealkylation sites (tertiary alicyclic amines) is 3. The van der Waals surface area contributed by atoms with Crippen molar-refractivity contribution in [3.63, 3.8) is 0 Å². The molecular formula is C51H79N5O5S2. The average molecular weight is 906 g/mol. The number of aldehydes is 1. The summed E-state index contributed by atoms with van der Waals surface area (Å²) in [5, 5.41) is 0. The first kappa shape index (κ1) is 49.3. The van der Waals surface area contributed by atoms with Gasteiger partial charge in [-0.15, -0.1) is 0 Å². The Labute approximate surface area is 388 Å². The molecule has 6 aliphatic rings. The fourth-order valence-corrected chi connectivity index (χ4v) is 12.1. The zero-order chi connectivity index (χ0) is 45.3. The van der Waals surface area contributed by atoms with Crippen LogP contribution < -0.4 is 9.80 Å². The molecule has 2 aromatic carbocycles. The highest BCUT2D eigenvalue weighted by Crippen LogP contribution is 2.46. The molecule has 2 spiro atoms. The van der Waals surface area contributed by atoms with Crippen LogP contribution in [0.1, 0.15) is 133 Å². The van der Waals surface area contributed by atoms with E-state index in [1.54, 1.807) is 0 Å². The Balaban J connectivity index is 0.000000174. The molecule has 1 aliphatic carbocycles. The summed E-state index contributed by atoms with van der Waals surface area (Å²) < 4.78 is 11.0. The van der Waals surface area contributed by atoms with Crippen LogP contribution in [0.4, 0.5) is 21.0 Å². The smallest absolute Gasteiger partial charge is 0.410 e. The van der Waals surface area contributed by atoms with Crippen molar-refractivity contribution in [2.75, 3.05) is 91.7 Å². The van der Waals surface area contributed by atoms with Gasteiger partial charge >= 0.3 is 12.2 Å². The van der Waals surface area contributed by atoms with Crippen LogP contribution in [0.15, 0.2) is 36.4 Å². The second-order valence-electron chi connectivity index (χ2n) is 20.9. The van der Waals surface area contributed by atoms with E-state index in [1.807, 2.05) is 75.2 Å². The summed E-state index contributed by atoms with van der Waals surface area (Å²) in [6.07, 6.45) is 13.1. The van der Waals surface area contributed by atoms with Gasteiger partial charge in [-0.2, -0.15) is 23.5 Å². The van der Waals surface area contributed by atoms with Crippen molar-refractivity contribution >= 4 is 53.4 Å². The lowest BCUT2D eigenvalue weighted by molar-refractivity contribution is 0.00155. The molecule has 5 aliphatic heterocycles. The molecule has 5 heterocycles. The van der Waals surface area contributed by atoms with Crippen molar-refractivity contribution in [2.45, 2.75) is 143 Å². The Hall–Kier alpha value is -3.09. The first-order valence-corrected chi connectivity index (χ1v) is 26.3. The predicted octanol–water partition coefficient (Wildman–Crippen LogP) is 10.9. The van der Waals surface area contributed by atoms with Crippen LogP contribution in [0, 0.1) is 19.3 Å². The number of thioether (sulfide) groups is 2. The normalized spacial score (nSPS) is 21.3. The summed E-state index contributed by atoms with van der Waals surface area (Å²) in [7, 11) is 0. The van der Waals surface area contributed by atoms with E-state index in [0.717, 1.165) is 107 Å². The quantitative estimate of drug-likeness (QED) is 0.270. The van der Waals surface area contributed by atoms with Crippen molar-refractivity contribution in [3.05, 3.63) is 58.7 Å². The Kier molecular flexibility index (Phi) is 17.2. The maximum absolute atomic E-state index is 12.5. The molecule has 2 amide bonds. The number of rotatable bonds is 5. The van der Waals surface area contributed by atoms with E-state index < -0.39 is 5.60 Å². The van der Waals surface area contributed by atoms with Crippen molar-refractivity contribution in [1.82, 2.24) is 14.7 Å². The average Bonchev–Trinajstić information content (AvgIpc) is 3.87. The molecule has 5 saturated heterocycles. The third kappa shape index (κ3) is 14.0. The number of aryl methyl sites for hydroxylation is 2. The van der Waals surface area contributed by atoms with Gasteiger partial charge in [0.15, 0.2) is 6.29 Å². The third-order valence-corrected chi connectivity index (χ3v) is 15.7. The highest BCUT2D eigenvalue weighted by atomic mass is 32.2. The Morgan fingerprint density at radius 2 is 1.08 bits per heavy atom. The fourth-order valence-electron chi connectivity index (χ4n) is 10.3. The molecule has 0 aromatic heterocycles. The molecule has 0 N–H and O–H groups in total. The maximum atomic E-state index is 12.5. The summed E-state index contributed by atoms with van der Waals surface area (Å²) in [6, 6.07) is 13.0. The highest BCUT2D eigenvalue weighted by molar-refractivity contribution is 7.99. The summed E-state index contributed by atoms with van der Waals surface area (Å²) in [5.74, 6) is 4.77. The lowest BCUT2D eigenvalue weighted by atomic mass is 9.77. The minimum absolute atomic E-state index is 0.134. The van der Waals surface area contributed by atoms with E-state index >= 15 is 0 Å². The van der Waals surface area contributed by atoms with Crippen LogP contribution in [0.3, 0.4) is 0 Å². The van der Waals surface area contributed by atoms with Crippen LogP contribution in [0.5, 0.6) is 0 Å². The molecule has 0 atom stereocenters. The number of hydrogen-bond acceptors (Lipinski definition) is 10. The SMILES string of the molecule is CC(C)(C)OC(=O)N1CCC2(CCCC2)CC1.Cc1ccc(C=O)c(N2CCSCC2)c1.Cc1ccc(CN2CCCC23CCN(C(=O)OC(C)(C)C)CC3)c(N2CCSCC2)c1. The largest absolute Gasteiger partial charge is 0.444 e. The van der Waals surface area contributed by atoms with E-state index in [2.05, 4.69) is 64.6 Å². The van der Waals surface area contributed by atoms with Gasteiger partial charge in [0.25, 0.3) is 0 Å². The summed E-state index contributed by atoms with van der Waals surface area (Å²) in [5.41, 5.74) is 7.38.